The van der Waals surface area contributed by atoms with Crippen molar-refractivity contribution in [1.29, 1.82) is 0 Å². The van der Waals surface area contributed by atoms with Gasteiger partial charge in [-0.15, -0.1) is 0 Å². The summed E-state index contributed by atoms with van der Waals surface area (Å²) in [4.78, 5) is 4.83. The van der Waals surface area contributed by atoms with Crippen LogP contribution in [0.5, 0.6) is 0 Å². The Morgan fingerprint density at radius 2 is 2.20 bits per heavy atom. The third-order valence-electron chi connectivity index (χ3n) is 2.83. The second-order valence-electron chi connectivity index (χ2n) is 4.43. The molecular weight excluding hydrogens is 208 g/mol. The highest BCUT2D eigenvalue weighted by Gasteiger charge is 2.24. The normalized spacial score (nSPS) is 22.8. The van der Waals surface area contributed by atoms with Crippen molar-refractivity contribution < 1.29 is 4.74 Å². The summed E-state index contributed by atoms with van der Waals surface area (Å²) in [6.45, 7) is 5.11. The van der Waals surface area contributed by atoms with E-state index in [1.54, 1.807) is 0 Å². The van der Waals surface area contributed by atoms with Gasteiger partial charge in [0.15, 0.2) is 0 Å². The summed E-state index contributed by atoms with van der Waals surface area (Å²) < 4.78 is 5.47. The summed E-state index contributed by atoms with van der Waals surface area (Å²) in [6.07, 6.45) is 2.68. The molecule has 15 heavy (non-hydrogen) atoms. The Bertz CT molecular complexity index is 167. The fourth-order valence-corrected chi connectivity index (χ4v) is 2.30. The molecule has 3 nitrogen and oxygen atoms in total. The zero-order chi connectivity index (χ0) is 11.1. The first-order valence-electron chi connectivity index (χ1n) is 5.81. The fraction of sp³-hybridized carbons (Fsp3) is 1.00. The molecule has 1 aliphatic rings. The standard InChI is InChI=1S/C11H24N2OS/c1-12(2)10-11-4-3-5-13(11)6-7-14-8-9-15/h11,15H,3-10H2,1-2H3. The lowest BCUT2D eigenvalue weighted by atomic mass is 10.2. The molecule has 0 saturated carbocycles. The molecule has 1 heterocycles. The average Bonchev–Trinajstić information content (AvgIpc) is 2.59. The van der Waals surface area contributed by atoms with E-state index in [4.69, 9.17) is 4.74 Å². The Hall–Kier alpha value is 0.230. The van der Waals surface area contributed by atoms with Crippen molar-refractivity contribution in [2.24, 2.45) is 0 Å². The predicted molar refractivity (Wildman–Crippen MR) is 67.8 cm³/mol. The maximum atomic E-state index is 5.47. The Morgan fingerprint density at radius 1 is 1.40 bits per heavy atom. The van der Waals surface area contributed by atoms with E-state index in [0.29, 0.717) is 0 Å². The summed E-state index contributed by atoms with van der Waals surface area (Å²) in [5, 5.41) is 0. The van der Waals surface area contributed by atoms with Gasteiger partial charge in [0, 0.05) is 24.9 Å². The molecule has 0 aliphatic carbocycles. The number of ether oxygens (including phenoxy) is 1. The minimum absolute atomic E-state index is 0.736. The molecule has 1 fully saturated rings. The van der Waals surface area contributed by atoms with Crippen molar-refractivity contribution in [1.82, 2.24) is 9.80 Å². The lowest BCUT2D eigenvalue weighted by Gasteiger charge is -2.26. The van der Waals surface area contributed by atoms with Gasteiger partial charge in [0.05, 0.1) is 13.2 Å². The number of likely N-dealkylation sites (tertiary alicyclic amines) is 1. The van der Waals surface area contributed by atoms with Crippen LogP contribution in [0.2, 0.25) is 0 Å². The smallest absolute Gasteiger partial charge is 0.0593 e. The van der Waals surface area contributed by atoms with Crippen molar-refractivity contribution in [2.45, 2.75) is 18.9 Å². The van der Waals surface area contributed by atoms with Gasteiger partial charge in [-0.2, -0.15) is 12.6 Å². The highest BCUT2D eigenvalue weighted by Crippen LogP contribution is 2.16. The Balaban J connectivity index is 2.15. The molecule has 0 radical (unpaired) electrons. The number of hydrogen-bond acceptors (Lipinski definition) is 4. The van der Waals surface area contributed by atoms with E-state index in [9.17, 15) is 0 Å². The molecule has 0 aromatic heterocycles. The molecule has 0 amide bonds. The van der Waals surface area contributed by atoms with Gasteiger partial charge >= 0.3 is 0 Å². The molecular formula is C11H24N2OS. The molecule has 0 spiro atoms. The van der Waals surface area contributed by atoms with Crippen LogP contribution in [0.3, 0.4) is 0 Å². The minimum atomic E-state index is 0.736. The zero-order valence-corrected chi connectivity index (χ0v) is 10.9. The zero-order valence-electron chi connectivity index (χ0n) is 9.98. The molecule has 1 aliphatic heterocycles. The third-order valence-corrected chi connectivity index (χ3v) is 3.02. The molecule has 4 heteroatoms. The topological polar surface area (TPSA) is 15.7 Å². The summed E-state index contributed by atoms with van der Waals surface area (Å²) in [5.74, 6) is 0.821. The molecule has 1 saturated heterocycles. The van der Waals surface area contributed by atoms with E-state index in [-0.39, 0.29) is 0 Å². The van der Waals surface area contributed by atoms with Crippen LogP contribution in [0.25, 0.3) is 0 Å². The number of rotatable bonds is 7. The Kier molecular flexibility index (Phi) is 6.64. The van der Waals surface area contributed by atoms with Gasteiger partial charge in [-0.05, 0) is 33.5 Å². The van der Waals surface area contributed by atoms with Gasteiger partial charge in [-0.3, -0.25) is 4.90 Å². The Labute approximate surface area is 99.2 Å². The quantitative estimate of drug-likeness (QED) is 0.520. The molecule has 0 bridgehead atoms. The van der Waals surface area contributed by atoms with E-state index < -0.39 is 0 Å². The van der Waals surface area contributed by atoms with Gasteiger partial charge in [-0.1, -0.05) is 0 Å². The second kappa shape index (κ2) is 7.49. The van der Waals surface area contributed by atoms with Gasteiger partial charge in [0.1, 0.15) is 0 Å². The van der Waals surface area contributed by atoms with E-state index in [1.165, 1.54) is 25.9 Å². The van der Waals surface area contributed by atoms with Crippen LogP contribution in [-0.4, -0.2) is 68.5 Å². The fourth-order valence-electron chi connectivity index (χ4n) is 2.17. The predicted octanol–water partition coefficient (Wildman–Crippen LogP) is 0.959. The minimum Gasteiger partial charge on any atom is -0.379 e. The highest BCUT2D eigenvalue weighted by molar-refractivity contribution is 7.80. The molecule has 90 valence electrons. The van der Waals surface area contributed by atoms with Gasteiger partial charge < -0.3 is 9.64 Å². The van der Waals surface area contributed by atoms with Crippen molar-refractivity contribution in [3.8, 4) is 0 Å². The average molecular weight is 232 g/mol. The van der Waals surface area contributed by atoms with E-state index in [1.807, 2.05) is 0 Å². The van der Waals surface area contributed by atoms with E-state index in [2.05, 4.69) is 36.5 Å². The molecule has 1 rings (SSSR count). The number of likely N-dealkylation sites (N-methyl/N-ethyl adjacent to an activating group) is 1. The summed E-state index contributed by atoms with van der Waals surface area (Å²) >= 11 is 4.12. The number of nitrogens with zero attached hydrogens (tertiary/aromatic N) is 2. The van der Waals surface area contributed by atoms with Crippen molar-refractivity contribution in [3.05, 3.63) is 0 Å². The first-order chi connectivity index (χ1) is 7.24. The van der Waals surface area contributed by atoms with Crippen LogP contribution in [0.1, 0.15) is 12.8 Å². The van der Waals surface area contributed by atoms with Crippen LogP contribution >= 0.6 is 12.6 Å². The van der Waals surface area contributed by atoms with Crippen molar-refractivity contribution in [2.75, 3.05) is 52.7 Å². The van der Waals surface area contributed by atoms with Gasteiger partial charge in [-0.25, -0.2) is 0 Å². The first kappa shape index (κ1) is 13.3. The van der Waals surface area contributed by atoms with Crippen molar-refractivity contribution in [3.63, 3.8) is 0 Å². The maximum absolute atomic E-state index is 5.47. The van der Waals surface area contributed by atoms with Gasteiger partial charge in [0.25, 0.3) is 0 Å². The Morgan fingerprint density at radius 3 is 2.87 bits per heavy atom. The summed E-state index contributed by atoms with van der Waals surface area (Å²) in [6, 6.07) is 0.736. The van der Waals surface area contributed by atoms with Crippen molar-refractivity contribution >= 4 is 12.6 Å². The first-order valence-corrected chi connectivity index (χ1v) is 6.44. The van der Waals surface area contributed by atoms with Crippen LogP contribution in [0.4, 0.5) is 0 Å². The highest BCUT2D eigenvalue weighted by atomic mass is 32.1. The molecule has 1 atom stereocenters. The molecule has 1 unspecified atom stereocenters. The summed E-state index contributed by atoms with van der Waals surface area (Å²) in [5.41, 5.74) is 0. The second-order valence-corrected chi connectivity index (χ2v) is 4.88. The summed E-state index contributed by atoms with van der Waals surface area (Å²) in [7, 11) is 4.29. The number of thiol groups is 1. The van der Waals surface area contributed by atoms with Crippen LogP contribution in [0.15, 0.2) is 0 Å². The van der Waals surface area contributed by atoms with Crippen LogP contribution < -0.4 is 0 Å². The lowest BCUT2D eigenvalue weighted by molar-refractivity contribution is 0.104. The third kappa shape index (κ3) is 5.20. The molecule has 0 N–H and O–H groups in total. The SMILES string of the molecule is CN(C)CC1CCCN1CCOCCS. The maximum Gasteiger partial charge on any atom is 0.0593 e. The van der Waals surface area contributed by atoms with Crippen LogP contribution in [0, 0.1) is 0 Å². The van der Waals surface area contributed by atoms with E-state index in [0.717, 1.165) is 31.6 Å². The van der Waals surface area contributed by atoms with Crippen LogP contribution in [-0.2, 0) is 4.74 Å². The van der Waals surface area contributed by atoms with Gasteiger partial charge in [0.2, 0.25) is 0 Å². The molecule has 0 aromatic rings. The largest absolute Gasteiger partial charge is 0.379 e. The lowest BCUT2D eigenvalue weighted by Crippen LogP contribution is -2.39. The van der Waals surface area contributed by atoms with E-state index >= 15 is 0 Å². The number of hydrogen-bond donors (Lipinski definition) is 1. The molecule has 0 aromatic carbocycles. The monoisotopic (exact) mass is 232 g/mol.